The van der Waals surface area contributed by atoms with Gasteiger partial charge in [0.2, 0.25) is 5.91 Å². The number of halogens is 2. The molecule has 0 aliphatic rings. The summed E-state index contributed by atoms with van der Waals surface area (Å²) < 4.78 is 0.893. The Morgan fingerprint density at radius 1 is 1.24 bits per heavy atom. The molecule has 0 spiro atoms. The number of anilines is 1. The van der Waals surface area contributed by atoms with Gasteiger partial charge in [0, 0.05) is 22.3 Å². The van der Waals surface area contributed by atoms with Gasteiger partial charge >= 0.3 is 0 Å². The molecule has 0 atom stereocenters. The summed E-state index contributed by atoms with van der Waals surface area (Å²) in [4.78, 5) is 34.1. The van der Waals surface area contributed by atoms with Crippen LogP contribution in [-0.4, -0.2) is 23.3 Å². The monoisotopic (exact) mass is 425 g/mol. The van der Waals surface area contributed by atoms with Crippen LogP contribution in [0.5, 0.6) is 0 Å². The summed E-state index contributed by atoms with van der Waals surface area (Å²) in [6, 6.07) is 8.88. The summed E-state index contributed by atoms with van der Waals surface area (Å²) in [5.74, 6) is -1.00. The minimum Gasteiger partial charge on any atom is -0.343 e. The van der Waals surface area contributed by atoms with Crippen molar-refractivity contribution in [2.75, 3.05) is 11.9 Å². The Morgan fingerprint density at radius 2 is 1.96 bits per heavy atom. The van der Waals surface area contributed by atoms with Crippen LogP contribution in [0.25, 0.3) is 0 Å². The molecule has 130 valence electrons. The maximum atomic E-state index is 12.1. The SMILES string of the molecule is Cc1cc(Br)ccc1NC(=O)CNC(=O)c1ccc([N+](=O)[O-])cc1Cl. The van der Waals surface area contributed by atoms with Gasteiger partial charge in [0.15, 0.2) is 0 Å². The van der Waals surface area contributed by atoms with Crippen LogP contribution in [0.2, 0.25) is 5.02 Å². The number of hydrogen-bond acceptors (Lipinski definition) is 4. The topological polar surface area (TPSA) is 101 Å². The van der Waals surface area contributed by atoms with Crippen LogP contribution in [0.4, 0.5) is 11.4 Å². The number of nitro groups is 1. The Hall–Kier alpha value is -2.45. The highest BCUT2D eigenvalue weighted by Crippen LogP contribution is 2.22. The van der Waals surface area contributed by atoms with Crippen molar-refractivity contribution in [2.24, 2.45) is 0 Å². The quantitative estimate of drug-likeness (QED) is 0.562. The van der Waals surface area contributed by atoms with Crippen LogP contribution < -0.4 is 10.6 Å². The largest absolute Gasteiger partial charge is 0.343 e. The summed E-state index contributed by atoms with van der Waals surface area (Å²) in [5.41, 5.74) is 1.34. The summed E-state index contributed by atoms with van der Waals surface area (Å²) in [5, 5.41) is 15.7. The Bertz CT molecular complexity index is 857. The first-order valence-corrected chi connectivity index (χ1v) is 8.23. The highest BCUT2D eigenvalue weighted by Gasteiger charge is 2.15. The molecule has 7 nitrogen and oxygen atoms in total. The second-order valence-electron chi connectivity index (χ2n) is 5.11. The zero-order valence-corrected chi connectivity index (χ0v) is 15.3. The fourth-order valence-corrected chi connectivity index (χ4v) is 2.76. The fraction of sp³-hybridized carbons (Fsp3) is 0.125. The molecule has 2 aromatic carbocycles. The van der Waals surface area contributed by atoms with Crippen LogP contribution >= 0.6 is 27.5 Å². The predicted octanol–water partition coefficient (Wildman–Crippen LogP) is 3.69. The third-order valence-corrected chi connectivity index (χ3v) is 4.09. The molecule has 0 heterocycles. The van der Waals surface area contributed by atoms with Crippen molar-refractivity contribution >= 4 is 50.7 Å². The van der Waals surface area contributed by atoms with Gasteiger partial charge < -0.3 is 10.6 Å². The molecular formula is C16H13BrClN3O4. The summed E-state index contributed by atoms with van der Waals surface area (Å²) in [7, 11) is 0. The van der Waals surface area contributed by atoms with Gasteiger partial charge in [-0.15, -0.1) is 0 Å². The highest BCUT2D eigenvalue weighted by atomic mass is 79.9. The van der Waals surface area contributed by atoms with Crippen LogP contribution in [0.1, 0.15) is 15.9 Å². The van der Waals surface area contributed by atoms with E-state index in [-0.39, 0.29) is 22.8 Å². The zero-order chi connectivity index (χ0) is 18.6. The molecule has 9 heteroatoms. The van der Waals surface area contributed by atoms with Gasteiger partial charge in [-0.3, -0.25) is 19.7 Å². The Kier molecular flexibility index (Phi) is 6.11. The van der Waals surface area contributed by atoms with Crippen LogP contribution in [0.3, 0.4) is 0 Å². The molecule has 0 radical (unpaired) electrons. The number of benzene rings is 2. The number of aryl methyl sites for hydroxylation is 1. The predicted molar refractivity (Wildman–Crippen MR) is 97.9 cm³/mol. The smallest absolute Gasteiger partial charge is 0.270 e. The number of nitrogens with zero attached hydrogens (tertiary/aromatic N) is 1. The molecule has 0 fully saturated rings. The number of rotatable bonds is 5. The molecule has 0 unspecified atom stereocenters. The lowest BCUT2D eigenvalue weighted by Crippen LogP contribution is -2.33. The van der Waals surface area contributed by atoms with E-state index < -0.39 is 16.7 Å². The molecule has 0 aliphatic heterocycles. The van der Waals surface area contributed by atoms with Gasteiger partial charge in [-0.05, 0) is 36.8 Å². The summed E-state index contributed by atoms with van der Waals surface area (Å²) in [6.07, 6.45) is 0. The van der Waals surface area contributed by atoms with Crippen molar-refractivity contribution in [1.82, 2.24) is 5.32 Å². The van der Waals surface area contributed by atoms with E-state index in [4.69, 9.17) is 11.6 Å². The van der Waals surface area contributed by atoms with Gasteiger partial charge in [-0.25, -0.2) is 0 Å². The molecule has 0 saturated carbocycles. The minimum absolute atomic E-state index is 0.0555. The molecule has 2 aromatic rings. The van der Waals surface area contributed by atoms with E-state index in [0.717, 1.165) is 16.1 Å². The maximum Gasteiger partial charge on any atom is 0.270 e. The number of carbonyl (C=O) groups excluding carboxylic acids is 2. The molecule has 2 N–H and O–H groups in total. The second-order valence-corrected chi connectivity index (χ2v) is 6.43. The summed E-state index contributed by atoms with van der Waals surface area (Å²) in [6.45, 7) is 1.58. The average molecular weight is 427 g/mol. The van der Waals surface area contributed by atoms with Crippen LogP contribution in [0, 0.1) is 17.0 Å². The van der Waals surface area contributed by atoms with E-state index >= 15 is 0 Å². The van der Waals surface area contributed by atoms with Gasteiger partial charge in [0.05, 0.1) is 22.1 Å². The number of amides is 2. The molecular weight excluding hydrogens is 414 g/mol. The minimum atomic E-state index is -0.610. The standard InChI is InChI=1S/C16H13BrClN3O4/c1-9-6-10(17)2-5-14(9)20-15(22)8-19-16(23)12-4-3-11(21(24)25)7-13(12)18/h2-7H,8H2,1H3,(H,19,23)(H,20,22). The van der Waals surface area contributed by atoms with Crippen molar-refractivity contribution in [3.63, 3.8) is 0 Å². The summed E-state index contributed by atoms with van der Waals surface area (Å²) >= 11 is 9.21. The second kappa shape index (κ2) is 8.09. The maximum absolute atomic E-state index is 12.1. The van der Waals surface area contributed by atoms with Gasteiger partial charge in [0.25, 0.3) is 11.6 Å². The lowest BCUT2D eigenvalue weighted by molar-refractivity contribution is -0.384. The molecule has 0 saturated heterocycles. The normalized spacial score (nSPS) is 10.2. The molecule has 0 bridgehead atoms. The van der Waals surface area contributed by atoms with Crippen molar-refractivity contribution in [2.45, 2.75) is 6.92 Å². The van der Waals surface area contributed by atoms with Gasteiger partial charge in [0.1, 0.15) is 0 Å². The number of non-ortho nitro benzene ring substituents is 1. The van der Waals surface area contributed by atoms with E-state index in [0.29, 0.717) is 5.69 Å². The van der Waals surface area contributed by atoms with Crippen LogP contribution in [0.15, 0.2) is 40.9 Å². The lowest BCUT2D eigenvalue weighted by atomic mass is 10.2. The Labute approximate surface area is 156 Å². The molecule has 2 rings (SSSR count). The fourth-order valence-electron chi connectivity index (χ4n) is 2.02. The number of hydrogen-bond donors (Lipinski definition) is 2. The van der Waals surface area contributed by atoms with Gasteiger partial charge in [-0.1, -0.05) is 27.5 Å². The third kappa shape index (κ3) is 5.01. The molecule has 2 amide bonds. The first-order chi connectivity index (χ1) is 11.8. The lowest BCUT2D eigenvalue weighted by Gasteiger charge is -2.10. The number of nitrogens with one attached hydrogen (secondary N) is 2. The van der Waals surface area contributed by atoms with E-state index in [1.54, 1.807) is 12.1 Å². The van der Waals surface area contributed by atoms with E-state index in [1.807, 2.05) is 13.0 Å². The first-order valence-electron chi connectivity index (χ1n) is 7.06. The van der Waals surface area contributed by atoms with Gasteiger partial charge in [-0.2, -0.15) is 0 Å². The van der Waals surface area contributed by atoms with Crippen LogP contribution in [-0.2, 0) is 4.79 Å². The highest BCUT2D eigenvalue weighted by molar-refractivity contribution is 9.10. The molecule has 25 heavy (non-hydrogen) atoms. The molecule has 0 aliphatic carbocycles. The zero-order valence-electron chi connectivity index (χ0n) is 13.0. The van der Waals surface area contributed by atoms with Crippen molar-refractivity contribution in [3.8, 4) is 0 Å². The Morgan fingerprint density at radius 3 is 2.56 bits per heavy atom. The molecule has 0 aromatic heterocycles. The first kappa shape index (κ1) is 18.9. The number of nitro benzene ring substituents is 1. The van der Waals surface area contributed by atoms with Crippen molar-refractivity contribution < 1.29 is 14.5 Å². The van der Waals surface area contributed by atoms with E-state index in [2.05, 4.69) is 26.6 Å². The Balaban J connectivity index is 1.97. The van der Waals surface area contributed by atoms with Crippen molar-refractivity contribution in [3.05, 3.63) is 67.1 Å². The third-order valence-electron chi connectivity index (χ3n) is 3.28. The van der Waals surface area contributed by atoms with E-state index in [9.17, 15) is 19.7 Å². The van der Waals surface area contributed by atoms with Crippen molar-refractivity contribution in [1.29, 1.82) is 0 Å². The van der Waals surface area contributed by atoms with E-state index in [1.165, 1.54) is 12.1 Å². The average Bonchev–Trinajstić information content (AvgIpc) is 2.55. The number of carbonyl (C=O) groups is 2.